The van der Waals surface area contributed by atoms with Gasteiger partial charge in [-0.15, -0.1) is 24.5 Å². The summed E-state index contributed by atoms with van der Waals surface area (Å²) < 4.78 is 90.2. The highest BCUT2D eigenvalue weighted by atomic mass is 35.5. The normalized spacial score (nSPS) is 14.5. The number of hydrogen-bond donors (Lipinski definition) is 2. The van der Waals surface area contributed by atoms with Crippen molar-refractivity contribution in [3.8, 4) is 11.5 Å². The van der Waals surface area contributed by atoms with Gasteiger partial charge in [-0.25, -0.2) is 12.8 Å². The Labute approximate surface area is 260 Å². The number of ether oxygens (including phenoxy) is 2. The van der Waals surface area contributed by atoms with E-state index < -0.39 is 39.3 Å². The standard InChI is InChI=1S/C30H27ClF4N2O5S2/c1-4-44(39,40)37-25-7-17-8-27(43-26(17)15-24(25)32)28(38)36-21-10-18(9-20(31)13-21)29(5-6-29)19-11-22(41-16(2)3)14-23(12-19)42-30(33,34)35/h7-16,37H,4-6H2,1-3H3,(H,36,38). The first-order valence-electron chi connectivity index (χ1n) is 13.5. The Morgan fingerprint density at radius 2 is 1.70 bits per heavy atom. The molecule has 1 saturated carbocycles. The molecule has 0 atom stereocenters. The molecule has 44 heavy (non-hydrogen) atoms. The van der Waals surface area contributed by atoms with Crippen LogP contribution in [-0.2, 0) is 15.4 Å². The Bertz CT molecular complexity index is 1850. The molecule has 1 aliphatic carbocycles. The molecule has 0 saturated heterocycles. The average Bonchev–Trinajstić information content (AvgIpc) is 3.62. The van der Waals surface area contributed by atoms with Crippen molar-refractivity contribution >= 4 is 60.3 Å². The van der Waals surface area contributed by atoms with Crippen LogP contribution in [0.4, 0.5) is 28.9 Å². The molecule has 2 N–H and O–H groups in total. The maximum Gasteiger partial charge on any atom is 0.573 e. The second-order valence-corrected chi connectivity index (χ2v) is 14.2. The van der Waals surface area contributed by atoms with Crippen LogP contribution in [0.3, 0.4) is 0 Å². The van der Waals surface area contributed by atoms with Crippen molar-refractivity contribution in [1.82, 2.24) is 0 Å². The molecule has 7 nitrogen and oxygen atoms in total. The van der Waals surface area contributed by atoms with Crippen molar-refractivity contribution in [2.45, 2.75) is 51.5 Å². The van der Waals surface area contributed by atoms with Crippen LogP contribution >= 0.6 is 22.9 Å². The lowest BCUT2D eigenvalue weighted by atomic mass is 9.87. The molecule has 1 aliphatic rings. The van der Waals surface area contributed by atoms with Crippen molar-refractivity contribution in [3.63, 3.8) is 0 Å². The molecule has 0 aliphatic heterocycles. The van der Waals surface area contributed by atoms with Crippen molar-refractivity contribution in [3.05, 3.63) is 81.4 Å². The molecule has 3 aromatic carbocycles. The summed E-state index contributed by atoms with van der Waals surface area (Å²) in [4.78, 5) is 13.5. The molecule has 1 amide bonds. The predicted octanol–water partition coefficient (Wildman–Crippen LogP) is 8.47. The van der Waals surface area contributed by atoms with E-state index >= 15 is 0 Å². The van der Waals surface area contributed by atoms with Crippen LogP contribution in [0.25, 0.3) is 10.1 Å². The summed E-state index contributed by atoms with van der Waals surface area (Å²) >= 11 is 7.46. The monoisotopic (exact) mass is 670 g/mol. The molecule has 0 unspecified atom stereocenters. The van der Waals surface area contributed by atoms with Crippen molar-refractivity contribution in [2.75, 3.05) is 15.8 Å². The zero-order valence-corrected chi connectivity index (χ0v) is 26.0. The number of thiophene rings is 1. The Morgan fingerprint density at radius 3 is 2.34 bits per heavy atom. The number of fused-ring (bicyclic) bond motifs is 1. The van der Waals surface area contributed by atoms with Gasteiger partial charge >= 0.3 is 6.36 Å². The molecule has 5 rings (SSSR count). The van der Waals surface area contributed by atoms with Gasteiger partial charge in [0.15, 0.2) is 0 Å². The molecule has 234 valence electrons. The molecule has 1 heterocycles. The van der Waals surface area contributed by atoms with E-state index in [4.69, 9.17) is 16.3 Å². The van der Waals surface area contributed by atoms with Gasteiger partial charge in [-0.3, -0.25) is 9.52 Å². The Morgan fingerprint density at radius 1 is 1.02 bits per heavy atom. The van der Waals surface area contributed by atoms with Gasteiger partial charge in [0.05, 0.1) is 22.4 Å². The summed E-state index contributed by atoms with van der Waals surface area (Å²) in [5.74, 6) is -1.69. The fourth-order valence-corrected chi connectivity index (χ4v) is 6.71. The minimum Gasteiger partial charge on any atom is -0.491 e. The molecular formula is C30H27ClF4N2O5S2. The van der Waals surface area contributed by atoms with Gasteiger partial charge < -0.3 is 14.8 Å². The first-order valence-corrected chi connectivity index (χ1v) is 16.3. The first-order chi connectivity index (χ1) is 20.6. The topological polar surface area (TPSA) is 93.7 Å². The predicted molar refractivity (Wildman–Crippen MR) is 163 cm³/mol. The van der Waals surface area contributed by atoms with Crippen LogP contribution in [0.15, 0.2) is 54.6 Å². The molecule has 4 aromatic rings. The third-order valence-electron chi connectivity index (χ3n) is 6.97. The van der Waals surface area contributed by atoms with E-state index in [0.29, 0.717) is 44.8 Å². The number of carbonyl (C=O) groups excluding carboxylic acids is 1. The van der Waals surface area contributed by atoms with Gasteiger partial charge in [0, 0.05) is 26.9 Å². The largest absolute Gasteiger partial charge is 0.573 e. The van der Waals surface area contributed by atoms with E-state index in [9.17, 15) is 30.8 Å². The van der Waals surface area contributed by atoms with Gasteiger partial charge in [-0.1, -0.05) is 11.6 Å². The average molecular weight is 671 g/mol. The third-order valence-corrected chi connectivity index (χ3v) is 9.58. The Kier molecular flexibility index (Phi) is 8.51. The van der Waals surface area contributed by atoms with Crippen LogP contribution in [0.5, 0.6) is 11.5 Å². The number of rotatable bonds is 10. The van der Waals surface area contributed by atoms with E-state index in [1.807, 2.05) is 0 Å². The van der Waals surface area contributed by atoms with Crippen molar-refractivity contribution < 1.29 is 40.2 Å². The van der Waals surface area contributed by atoms with E-state index in [0.717, 1.165) is 17.4 Å². The number of halogens is 5. The van der Waals surface area contributed by atoms with Crippen LogP contribution < -0.4 is 19.5 Å². The highest BCUT2D eigenvalue weighted by Crippen LogP contribution is 2.55. The summed E-state index contributed by atoms with van der Waals surface area (Å²) in [6.07, 6.45) is -3.95. The van der Waals surface area contributed by atoms with Gasteiger partial charge in [0.1, 0.15) is 17.3 Å². The number of alkyl halides is 3. The van der Waals surface area contributed by atoms with Crippen LogP contribution in [-0.4, -0.2) is 32.5 Å². The highest BCUT2D eigenvalue weighted by Gasteiger charge is 2.47. The molecule has 0 bridgehead atoms. The molecule has 14 heteroatoms. The van der Waals surface area contributed by atoms with Gasteiger partial charge in [0.2, 0.25) is 10.0 Å². The number of amides is 1. The third kappa shape index (κ3) is 7.22. The second-order valence-electron chi connectivity index (χ2n) is 10.7. The fraction of sp³-hybridized carbons (Fsp3) is 0.300. The zero-order valence-electron chi connectivity index (χ0n) is 23.6. The molecular weight excluding hydrogens is 644 g/mol. The molecule has 0 spiro atoms. The summed E-state index contributed by atoms with van der Waals surface area (Å²) in [5, 5.41) is 3.57. The van der Waals surface area contributed by atoms with Crippen molar-refractivity contribution in [1.29, 1.82) is 0 Å². The maximum absolute atomic E-state index is 14.6. The number of nitrogens with one attached hydrogen (secondary N) is 2. The fourth-order valence-electron chi connectivity index (χ4n) is 4.87. The number of sulfonamides is 1. The van der Waals surface area contributed by atoms with Gasteiger partial charge in [-0.2, -0.15) is 0 Å². The molecule has 1 fully saturated rings. The van der Waals surface area contributed by atoms with Crippen LogP contribution in [0, 0.1) is 5.82 Å². The van der Waals surface area contributed by atoms with E-state index in [-0.39, 0.29) is 28.2 Å². The lowest BCUT2D eigenvalue weighted by Gasteiger charge is -2.21. The molecule has 1 aromatic heterocycles. The number of carbonyl (C=O) groups is 1. The number of anilines is 2. The smallest absolute Gasteiger partial charge is 0.491 e. The van der Waals surface area contributed by atoms with Crippen LogP contribution in [0.1, 0.15) is 54.4 Å². The van der Waals surface area contributed by atoms with Crippen LogP contribution in [0.2, 0.25) is 5.02 Å². The van der Waals surface area contributed by atoms with E-state index in [1.54, 1.807) is 38.1 Å². The molecule has 0 radical (unpaired) electrons. The lowest BCUT2D eigenvalue weighted by Crippen LogP contribution is -2.18. The lowest BCUT2D eigenvalue weighted by molar-refractivity contribution is -0.274. The number of benzene rings is 3. The minimum absolute atomic E-state index is 0.218. The summed E-state index contributed by atoms with van der Waals surface area (Å²) in [6.45, 7) is 4.95. The summed E-state index contributed by atoms with van der Waals surface area (Å²) in [7, 11) is -3.71. The van der Waals surface area contributed by atoms with Gasteiger partial charge in [-0.05, 0) is 98.7 Å². The first kappa shape index (κ1) is 31.9. The van der Waals surface area contributed by atoms with E-state index in [1.165, 1.54) is 31.2 Å². The maximum atomic E-state index is 14.6. The Hall–Kier alpha value is -3.55. The van der Waals surface area contributed by atoms with Gasteiger partial charge in [0.25, 0.3) is 5.91 Å². The summed E-state index contributed by atoms with van der Waals surface area (Å²) in [5.41, 5.74) is 0.693. The SMILES string of the molecule is CCS(=O)(=O)Nc1cc2cc(C(=O)Nc3cc(Cl)cc(C4(c5cc(OC(C)C)cc(OC(F)(F)F)c5)CC4)c3)sc2cc1F. The highest BCUT2D eigenvalue weighted by molar-refractivity contribution is 7.92. The second kappa shape index (κ2) is 11.8. The van der Waals surface area contributed by atoms with Crippen molar-refractivity contribution in [2.24, 2.45) is 0 Å². The number of hydrogen-bond acceptors (Lipinski definition) is 6. The summed E-state index contributed by atoms with van der Waals surface area (Å²) in [6, 6.07) is 13.2. The zero-order chi connectivity index (χ0) is 32.0. The quantitative estimate of drug-likeness (QED) is 0.165. The minimum atomic E-state index is -4.89. The Balaban J connectivity index is 1.44. The van der Waals surface area contributed by atoms with E-state index in [2.05, 4.69) is 14.8 Å².